The molecule has 0 aliphatic rings. The number of alkyl carbamates (subject to hydrolysis) is 1. The van der Waals surface area contributed by atoms with Gasteiger partial charge < -0.3 is 25.7 Å². The van der Waals surface area contributed by atoms with Gasteiger partial charge in [0, 0.05) is 36.6 Å². The number of hydrogen-bond acceptors (Lipinski definition) is 4. The van der Waals surface area contributed by atoms with Crippen molar-refractivity contribution in [3.63, 3.8) is 0 Å². The Kier molecular flexibility index (Phi) is 9.16. The Morgan fingerprint density at radius 1 is 1.06 bits per heavy atom. The molecule has 182 valence electrons. The summed E-state index contributed by atoms with van der Waals surface area (Å²) >= 11 is 5.78. The molecule has 0 spiro atoms. The fourth-order valence-electron chi connectivity index (χ4n) is 3.51. The molecule has 1 aromatic heterocycles. The van der Waals surface area contributed by atoms with E-state index in [1.165, 1.54) is 0 Å². The van der Waals surface area contributed by atoms with Crippen molar-refractivity contribution in [2.24, 2.45) is 0 Å². The van der Waals surface area contributed by atoms with Crippen LogP contribution in [0.15, 0.2) is 54.7 Å². The van der Waals surface area contributed by atoms with Crippen molar-refractivity contribution in [2.45, 2.75) is 37.9 Å². The number of amides is 3. The third-order valence-electron chi connectivity index (χ3n) is 5.28. The summed E-state index contributed by atoms with van der Waals surface area (Å²) in [6, 6.07) is 14.3. The molecule has 2 aromatic carbocycles. The van der Waals surface area contributed by atoms with Crippen molar-refractivity contribution >= 4 is 40.4 Å². The number of hydrogen-bond donors (Lipinski definition) is 4. The zero-order chi connectivity index (χ0) is 25.2. The molecule has 0 saturated carbocycles. The average molecular weight is 495 g/mol. The minimum absolute atomic E-state index is 0.195. The molecule has 0 aliphatic heterocycles. The number of terminal acetylenes is 1. The average Bonchev–Trinajstić information content (AvgIpc) is 3.27. The van der Waals surface area contributed by atoms with Gasteiger partial charge in [0.05, 0.1) is 0 Å². The lowest BCUT2D eigenvalue weighted by molar-refractivity contribution is -0.123. The minimum Gasteiger partial charge on any atom is -0.436 e. The molecule has 8 nitrogen and oxygen atoms in total. The summed E-state index contributed by atoms with van der Waals surface area (Å²) in [5.74, 6) is 1.60. The molecule has 0 saturated heterocycles. The van der Waals surface area contributed by atoms with Gasteiger partial charge in [-0.05, 0) is 29.7 Å². The van der Waals surface area contributed by atoms with E-state index in [0.717, 1.165) is 27.6 Å². The number of carbonyl (C=O) groups is 3. The second kappa shape index (κ2) is 12.5. The quantitative estimate of drug-likeness (QED) is 0.256. The third-order valence-corrected chi connectivity index (χ3v) is 5.48. The minimum atomic E-state index is -0.882. The fourth-order valence-corrected chi connectivity index (χ4v) is 3.59. The highest BCUT2D eigenvalue weighted by Gasteiger charge is 2.23. The molecule has 0 fully saturated rings. The summed E-state index contributed by atoms with van der Waals surface area (Å²) in [5, 5.41) is 8.56. The molecule has 0 aliphatic carbocycles. The van der Waals surface area contributed by atoms with E-state index in [1.54, 1.807) is 6.92 Å². The van der Waals surface area contributed by atoms with Crippen molar-refractivity contribution in [3.8, 4) is 12.3 Å². The number of nitrogens with one attached hydrogen (secondary N) is 4. The normalized spacial score (nSPS) is 12.3. The zero-order valence-corrected chi connectivity index (χ0v) is 20.0. The summed E-state index contributed by atoms with van der Waals surface area (Å²) in [6.45, 7) is 1.96. The maximum Gasteiger partial charge on any atom is 0.408 e. The number of alkyl halides is 1. The van der Waals surface area contributed by atoms with Crippen LogP contribution in [0.1, 0.15) is 23.6 Å². The van der Waals surface area contributed by atoms with Gasteiger partial charge in [-0.1, -0.05) is 48.4 Å². The number of para-hydroxylation sites is 1. The monoisotopic (exact) mass is 494 g/mol. The molecular formula is C26H27ClN4O4. The van der Waals surface area contributed by atoms with Crippen molar-refractivity contribution < 1.29 is 19.1 Å². The number of aromatic amines is 1. The van der Waals surface area contributed by atoms with Gasteiger partial charge in [0.2, 0.25) is 11.8 Å². The first-order valence-electron chi connectivity index (χ1n) is 11.1. The van der Waals surface area contributed by atoms with Crippen LogP contribution in [-0.2, 0) is 33.8 Å². The highest BCUT2D eigenvalue weighted by Crippen LogP contribution is 2.19. The van der Waals surface area contributed by atoms with Crippen LogP contribution in [0.5, 0.6) is 0 Å². The van der Waals surface area contributed by atoms with Gasteiger partial charge in [0.25, 0.3) is 0 Å². The first kappa shape index (κ1) is 25.7. The summed E-state index contributed by atoms with van der Waals surface area (Å²) in [6.07, 6.45) is 6.45. The maximum absolute atomic E-state index is 13.1. The lowest BCUT2D eigenvalue weighted by atomic mass is 10.0. The third kappa shape index (κ3) is 7.52. The standard InChI is InChI=1S/C26H27ClN4O4/c1-3-11-35-26(34)31-23(13-20-16-28-22-10-5-4-9-21(20)22)25(33)30-15-19-8-6-7-18(12-19)14-29-24(32)17(2)27/h1,4-10,12,16-17,23,28H,11,13-15H2,2H3,(H,29,32)(H,30,33)(H,31,34)/t17-,23-/m0/s1. The lowest BCUT2D eigenvalue weighted by Crippen LogP contribution is -2.48. The van der Waals surface area contributed by atoms with Gasteiger partial charge in [0.1, 0.15) is 11.4 Å². The van der Waals surface area contributed by atoms with Crippen LogP contribution in [0.25, 0.3) is 10.9 Å². The Hall–Kier alpha value is -3.96. The van der Waals surface area contributed by atoms with E-state index >= 15 is 0 Å². The number of carbonyl (C=O) groups excluding carboxylic acids is 3. The highest BCUT2D eigenvalue weighted by atomic mass is 35.5. The van der Waals surface area contributed by atoms with Gasteiger partial charge in [-0.2, -0.15) is 0 Å². The van der Waals surface area contributed by atoms with E-state index in [-0.39, 0.29) is 31.4 Å². The molecule has 3 aromatic rings. The van der Waals surface area contributed by atoms with Gasteiger partial charge in [-0.25, -0.2) is 4.79 Å². The number of H-pyrrole nitrogens is 1. The van der Waals surface area contributed by atoms with Crippen molar-refractivity contribution in [1.82, 2.24) is 20.9 Å². The number of benzene rings is 2. The van der Waals surface area contributed by atoms with Crippen LogP contribution in [-0.4, -0.2) is 40.9 Å². The molecule has 4 N–H and O–H groups in total. The number of aromatic nitrogens is 1. The predicted octanol–water partition coefficient (Wildman–Crippen LogP) is 3.00. The van der Waals surface area contributed by atoms with E-state index < -0.39 is 17.5 Å². The lowest BCUT2D eigenvalue weighted by Gasteiger charge is -2.18. The molecule has 9 heteroatoms. The molecule has 1 heterocycles. The summed E-state index contributed by atoms with van der Waals surface area (Å²) in [5.41, 5.74) is 3.52. The number of ether oxygens (including phenoxy) is 1. The van der Waals surface area contributed by atoms with E-state index in [0.29, 0.717) is 6.54 Å². The Morgan fingerprint density at radius 3 is 2.43 bits per heavy atom. The van der Waals surface area contributed by atoms with Gasteiger partial charge >= 0.3 is 6.09 Å². The van der Waals surface area contributed by atoms with Crippen LogP contribution in [0.3, 0.4) is 0 Å². The fraction of sp³-hybridized carbons (Fsp3) is 0.269. The van der Waals surface area contributed by atoms with E-state index in [4.69, 9.17) is 22.8 Å². The van der Waals surface area contributed by atoms with Gasteiger partial charge in [0.15, 0.2) is 6.61 Å². The predicted molar refractivity (Wildman–Crippen MR) is 135 cm³/mol. The molecule has 3 rings (SSSR count). The molecule has 3 amide bonds. The Labute approximate surface area is 208 Å². The van der Waals surface area contributed by atoms with Crippen LogP contribution in [0.4, 0.5) is 4.79 Å². The van der Waals surface area contributed by atoms with Crippen LogP contribution in [0.2, 0.25) is 0 Å². The molecule has 2 atom stereocenters. The van der Waals surface area contributed by atoms with Crippen LogP contribution >= 0.6 is 11.6 Å². The molecular weight excluding hydrogens is 468 g/mol. The second-order valence-corrected chi connectivity index (χ2v) is 8.57. The Morgan fingerprint density at radius 2 is 1.74 bits per heavy atom. The molecule has 0 radical (unpaired) electrons. The van der Waals surface area contributed by atoms with E-state index in [2.05, 4.69) is 26.9 Å². The first-order chi connectivity index (χ1) is 16.9. The Balaban J connectivity index is 1.67. The summed E-state index contributed by atoms with van der Waals surface area (Å²) in [7, 11) is 0. The van der Waals surface area contributed by atoms with Gasteiger partial charge in [-0.3, -0.25) is 9.59 Å². The van der Waals surface area contributed by atoms with Crippen LogP contribution in [0, 0.1) is 12.3 Å². The van der Waals surface area contributed by atoms with Crippen molar-refractivity contribution in [1.29, 1.82) is 0 Å². The largest absolute Gasteiger partial charge is 0.436 e. The first-order valence-corrected chi connectivity index (χ1v) is 11.5. The summed E-state index contributed by atoms with van der Waals surface area (Å²) < 4.78 is 4.90. The molecule has 0 bridgehead atoms. The molecule has 0 unspecified atom stereocenters. The SMILES string of the molecule is C#CCOC(=O)N[C@@H](Cc1c[nH]c2ccccc12)C(=O)NCc1cccc(CNC(=O)[C@H](C)Cl)c1. The number of halogens is 1. The van der Waals surface area contributed by atoms with Gasteiger partial charge in [-0.15, -0.1) is 18.0 Å². The highest BCUT2D eigenvalue weighted by molar-refractivity contribution is 6.30. The Bertz CT molecular complexity index is 1230. The molecule has 35 heavy (non-hydrogen) atoms. The summed E-state index contributed by atoms with van der Waals surface area (Å²) in [4.78, 5) is 40.1. The van der Waals surface area contributed by atoms with Crippen LogP contribution < -0.4 is 16.0 Å². The maximum atomic E-state index is 13.1. The van der Waals surface area contributed by atoms with Crippen molar-refractivity contribution in [2.75, 3.05) is 6.61 Å². The zero-order valence-electron chi connectivity index (χ0n) is 19.3. The number of fused-ring (bicyclic) bond motifs is 1. The number of rotatable bonds is 10. The topological polar surface area (TPSA) is 112 Å². The second-order valence-electron chi connectivity index (χ2n) is 7.91. The van der Waals surface area contributed by atoms with E-state index in [9.17, 15) is 14.4 Å². The van der Waals surface area contributed by atoms with Crippen molar-refractivity contribution in [3.05, 3.63) is 71.4 Å². The smallest absolute Gasteiger partial charge is 0.408 e. The van der Waals surface area contributed by atoms with E-state index in [1.807, 2.05) is 54.7 Å².